The van der Waals surface area contributed by atoms with Gasteiger partial charge in [-0.05, 0) is 139 Å². The minimum atomic E-state index is 0.323. The van der Waals surface area contributed by atoms with Gasteiger partial charge in [0.15, 0.2) is 23.0 Å². The van der Waals surface area contributed by atoms with E-state index >= 15 is 0 Å². The molecule has 0 atom stereocenters. The number of rotatable bonds is 10. The largest absolute Gasteiger partial charge is 0.339 e. The normalized spacial score (nSPS) is 13.7. The van der Waals surface area contributed by atoms with E-state index in [9.17, 15) is 0 Å². The molecule has 19 heteroatoms. The Morgan fingerprint density at radius 1 is 0.521 bits per heavy atom. The van der Waals surface area contributed by atoms with Crippen molar-refractivity contribution in [2.45, 2.75) is 84.2 Å². The van der Waals surface area contributed by atoms with Crippen LogP contribution in [0.25, 0.3) is 65.9 Å². The molecule has 356 valence electrons. The topological polar surface area (TPSA) is 227 Å². The van der Waals surface area contributed by atoms with Crippen LogP contribution in [-0.2, 0) is 7.05 Å². The van der Waals surface area contributed by atoms with E-state index in [1.54, 1.807) is 24.8 Å². The molecule has 2 saturated carbocycles. The molecule has 0 unspecified atom stereocenters. The Kier molecular flexibility index (Phi) is 10.8. The van der Waals surface area contributed by atoms with Gasteiger partial charge in [0.25, 0.3) is 0 Å². The fourth-order valence-electron chi connectivity index (χ4n) is 9.23. The van der Waals surface area contributed by atoms with Crippen LogP contribution in [0.3, 0.4) is 0 Å². The predicted molar refractivity (Wildman–Crippen MR) is 279 cm³/mol. The number of benzene rings is 3. The molecule has 0 radical (unpaired) electrons. The predicted octanol–water partition coefficient (Wildman–Crippen LogP) is 11.3. The van der Waals surface area contributed by atoms with E-state index in [1.165, 1.54) is 53.4 Å². The van der Waals surface area contributed by atoms with Gasteiger partial charge in [-0.3, -0.25) is 39.3 Å². The second-order valence-electron chi connectivity index (χ2n) is 18.9. The highest BCUT2D eigenvalue weighted by molar-refractivity contribution is 5.93. The van der Waals surface area contributed by atoms with Crippen molar-refractivity contribution in [1.29, 1.82) is 0 Å². The molecule has 0 saturated heterocycles. The summed E-state index contributed by atoms with van der Waals surface area (Å²) < 4.78 is 6.14. The Balaban J connectivity index is 0.000000110. The summed E-state index contributed by atoms with van der Waals surface area (Å²) in [5.74, 6) is 3.49. The zero-order valence-electron chi connectivity index (χ0n) is 40.3. The Hall–Kier alpha value is -8.74. The molecule has 9 aromatic heterocycles. The number of H-pyrrole nitrogens is 3. The lowest BCUT2D eigenvalue weighted by Crippen LogP contribution is -2.03. The summed E-state index contributed by atoms with van der Waals surface area (Å²) in [6.07, 6.45) is 11.9. The summed E-state index contributed by atoms with van der Waals surface area (Å²) in [5, 5.41) is 49.7. The summed E-state index contributed by atoms with van der Waals surface area (Å²) in [4.78, 5) is 17.3. The van der Waals surface area contributed by atoms with E-state index in [2.05, 4.69) is 157 Å². The van der Waals surface area contributed by atoms with Crippen LogP contribution >= 0.6 is 0 Å². The SMILES string of the molecule is CC(C)n1nc(C2CC2)c2ccc(Nc3[nH]nc4nccnc34)cc21.CC(C)n1nc(C2CC2)c2ccc(Nc3n[nH]c4cccnc34)cc21.Cc1nn(C)c2cc(Nc3n[nH]c4cccnc34)ccc12. The first-order valence-electron chi connectivity index (χ1n) is 24.2. The highest BCUT2D eigenvalue weighted by atomic mass is 15.3. The fraction of sp³-hybridized carbons (Fsp3) is 0.269. The van der Waals surface area contributed by atoms with Crippen molar-refractivity contribution in [1.82, 2.24) is 79.9 Å². The van der Waals surface area contributed by atoms with Crippen molar-refractivity contribution in [2.75, 3.05) is 16.0 Å². The molecule has 9 heterocycles. The van der Waals surface area contributed by atoms with Crippen LogP contribution in [0, 0.1) is 6.92 Å². The first kappa shape index (κ1) is 43.5. The van der Waals surface area contributed by atoms with Crippen LogP contribution < -0.4 is 16.0 Å². The second-order valence-corrected chi connectivity index (χ2v) is 18.9. The van der Waals surface area contributed by atoms with E-state index in [-0.39, 0.29) is 0 Å². The minimum absolute atomic E-state index is 0.323. The number of nitrogens with one attached hydrogen (secondary N) is 6. The van der Waals surface area contributed by atoms with Gasteiger partial charge in [0.2, 0.25) is 5.65 Å². The maximum Gasteiger partial charge on any atom is 0.201 e. The van der Waals surface area contributed by atoms with Crippen molar-refractivity contribution >= 4 is 100 Å². The molecule has 14 rings (SSSR count). The Morgan fingerprint density at radius 2 is 1.01 bits per heavy atom. The molecule has 2 fully saturated rings. The number of fused-ring (bicyclic) bond motifs is 6. The van der Waals surface area contributed by atoms with Gasteiger partial charge in [-0.2, -0.15) is 30.6 Å². The number of hydrogen-bond acceptors (Lipinski definition) is 13. The van der Waals surface area contributed by atoms with Gasteiger partial charge in [0.05, 0.1) is 44.7 Å². The van der Waals surface area contributed by atoms with Crippen LogP contribution in [-0.4, -0.2) is 79.9 Å². The number of aromatic amines is 3. The number of anilines is 6. The zero-order chi connectivity index (χ0) is 48.3. The van der Waals surface area contributed by atoms with Crippen LogP contribution in [0.5, 0.6) is 0 Å². The average molecular weight is 944 g/mol. The third-order valence-corrected chi connectivity index (χ3v) is 13.0. The van der Waals surface area contributed by atoms with Gasteiger partial charge >= 0.3 is 0 Å². The number of hydrogen-bond donors (Lipinski definition) is 6. The lowest BCUT2D eigenvalue weighted by Gasteiger charge is -2.09. The first-order valence-corrected chi connectivity index (χ1v) is 24.2. The minimum Gasteiger partial charge on any atom is -0.339 e. The van der Waals surface area contributed by atoms with Gasteiger partial charge in [0.1, 0.15) is 11.0 Å². The van der Waals surface area contributed by atoms with Crippen molar-refractivity contribution < 1.29 is 0 Å². The maximum atomic E-state index is 4.89. The molecule has 19 nitrogen and oxygen atoms in total. The molecule has 0 bridgehead atoms. The third kappa shape index (κ3) is 8.38. The summed E-state index contributed by atoms with van der Waals surface area (Å²) in [7, 11) is 1.95. The number of nitrogens with zero attached hydrogens (tertiary/aromatic N) is 13. The van der Waals surface area contributed by atoms with Gasteiger partial charge < -0.3 is 16.0 Å². The standard InChI is InChI=1S/C19H20N6.C18H19N7.C15H14N6/c1-11(2)25-16-10-13(7-8-14(16)17(24-25)12-5-6-12)21-19-18-15(22-23-19)4-3-9-20-18;1-10(2)25-14-9-12(5-6-13(14)15(24-25)11-3-4-11)21-18-16-17(22-23-18)20-8-7-19-16;1-9-11-6-5-10(8-13(11)21(2)20-9)17-15-14-12(18-19-15)4-3-7-16-14/h3-4,7-12H,5-6H2,1-2H3,(H2,21,22,23);5-11H,3-4H2,1-2H3,(H2,20,21,22,23);3-8H,1-2H3,(H2,17,18,19). The fourth-order valence-corrected chi connectivity index (χ4v) is 9.23. The average Bonchev–Trinajstić information content (AvgIpc) is 4.13. The molecular weight excluding hydrogens is 891 g/mol. The summed E-state index contributed by atoms with van der Waals surface area (Å²) >= 11 is 0. The van der Waals surface area contributed by atoms with Crippen LogP contribution in [0.4, 0.5) is 34.5 Å². The lowest BCUT2D eigenvalue weighted by molar-refractivity contribution is 0.544. The molecule has 0 aliphatic heterocycles. The van der Waals surface area contributed by atoms with Crippen molar-refractivity contribution in [2.24, 2.45) is 7.05 Å². The summed E-state index contributed by atoms with van der Waals surface area (Å²) in [6, 6.07) is 27.4. The van der Waals surface area contributed by atoms with Gasteiger partial charge in [-0.15, -0.1) is 0 Å². The monoisotopic (exact) mass is 943 g/mol. The van der Waals surface area contributed by atoms with E-state index in [1.807, 2.05) is 49.0 Å². The highest BCUT2D eigenvalue weighted by Gasteiger charge is 2.31. The highest BCUT2D eigenvalue weighted by Crippen LogP contribution is 2.44. The van der Waals surface area contributed by atoms with Crippen LogP contribution in [0.15, 0.2) is 104 Å². The molecule has 0 spiro atoms. The van der Waals surface area contributed by atoms with Crippen LogP contribution in [0.1, 0.15) is 94.4 Å². The van der Waals surface area contributed by atoms with Crippen LogP contribution in [0.2, 0.25) is 0 Å². The summed E-state index contributed by atoms with van der Waals surface area (Å²) in [6.45, 7) is 10.7. The van der Waals surface area contributed by atoms with E-state index in [0.29, 0.717) is 29.6 Å². The number of aryl methyl sites for hydroxylation is 2. The number of pyridine rings is 2. The van der Waals surface area contributed by atoms with Crippen molar-refractivity contribution in [3.63, 3.8) is 0 Å². The molecule has 0 amide bonds. The lowest BCUT2D eigenvalue weighted by atomic mass is 10.1. The van der Waals surface area contributed by atoms with Gasteiger partial charge in [0, 0.05) is 89.0 Å². The van der Waals surface area contributed by atoms with Gasteiger partial charge in [-0.1, -0.05) is 0 Å². The first-order chi connectivity index (χ1) is 34.6. The molecule has 2 aliphatic rings. The molecular formula is C52H53N19. The molecule has 3 aromatic carbocycles. The Morgan fingerprint density at radius 3 is 1.55 bits per heavy atom. The quantitative estimate of drug-likeness (QED) is 0.0751. The maximum absolute atomic E-state index is 4.89. The Bertz CT molecular complexity index is 3720. The molecule has 12 aromatic rings. The molecule has 2 aliphatic carbocycles. The smallest absolute Gasteiger partial charge is 0.201 e. The Labute approximate surface area is 406 Å². The molecule has 71 heavy (non-hydrogen) atoms. The van der Waals surface area contributed by atoms with E-state index in [0.717, 1.165) is 84.2 Å². The van der Waals surface area contributed by atoms with Gasteiger partial charge in [-0.25, -0.2) is 9.97 Å². The van der Waals surface area contributed by atoms with Crippen molar-refractivity contribution in [3.8, 4) is 0 Å². The van der Waals surface area contributed by atoms with E-state index in [4.69, 9.17) is 10.2 Å². The molecule has 6 N–H and O–H groups in total. The third-order valence-electron chi connectivity index (χ3n) is 13.0. The van der Waals surface area contributed by atoms with E-state index < -0.39 is 0 Å². The summed E-state index contributed by atoms with van der Waals surface area (Å²) in [5.41, 5.74) is 14.8. The van der Waals surface area contributed by atoms with Crippen molar-refractivity contribution in [3.05, 3.63) is 121 Å². The number of aromatic nitrogens is 16. The zero-order valence-corrected chi connectivity index (χ0v) is 40.3. The second kappa shape index (κ2) is 17.7.